The van der Waals surface area contributed by atoms with E-state index >= 15 is 0 Å². The molecule has 0 fully saturated rings. The molecule has 1 nitrogen and oxygen atoms in total. The van der Waals surface area contributed by atoms with Gasteiger partial charge in [0.25, 0.3) is 0 Å². The second-order valence-electron chi connectivity index (χ2n) is 4.40. The number of allylic oxidation sites excluding steroid dienone is 3. The van der Waals surface area contributed by atoms with Gasteiger partial charge in [-0.05, 0) is 11.3 Å². The van der Waals surface area contributed by atoms with Gasteiger partial charge in [-0.1, -0.05) is 48.6 Å². The van der Waals surface area contributed by atoms with Gasteiger partial charge in [0.15, 0.2) is 5.67 Å². The Morgan fingerprint density at radius 2 is 2.06 bits per heavy atom. The molecule has 0 saturated carbocycles. The average Bonchev–Trinajstić information content (AvgIpc) is 2.39. The van der Waals surface area contributed by atoms with Crippen LogP contribution in [0.2, 0.25) is 0 Å². The third-order valence-electron chi connectivity index (χ3n) is 3.27. The van der Waals surface area contributed by atoms with Gasteiger partial charge in [0.2, 0.25) is 0 Å². The van der Waals surface area contributed by atoms with Gasteiger partial charge in [-0.25, -0.2) is 4.39 Å². The Balaban J connectivity index is 2.25. The first-order valence-corrected chi connectivity index (χ1v) is 5.87. The van der Waals surface area contributed by atoms with Crippen LogP contribution in [0, 0.1) is 0 Å². The molecule has 17 heavy (non-hydrogen) atoms. The van der Waals surface area contributed by atoms with Gasteiger partial charge in [0, 0.05) is 18.2 Å². The number of fused-ring (bicyclic) bond motifs is 1. The van der Waals surface area contributed by atoms with E-state index in [4.69, 9.17) is 0 Å². The first-order valence-electron chi connectivity index (χ1n) is 5.87. The molecule has 0 saturated heterocycles. The summed E-state index contributed by atoms with van der Waals surface area (Å²) in [6, 6.07) is 7.94. The van der Waals surface area contributed by atoms with Crippen molar-refractivity contribution in [2.24, 2.45) is 0 Å². The molecular formula is C15H14FN. The van der Waals surface area contributed by atoms with E-state index in [1.54, 1.807) is 12.2 Å². The zero-order valence-corrected chi connectivity index (χ0v) is 9.49. The van der Waals surface area contributed by atoms with Crippen molar-refractivity contribution in [3.05, 3.63) is 59.0 Å². The fourth-order valence-electron chi connectivity index (χ4n) is 2.41. The predicted molar refractivity (Wildman–Crippen MR) is 68.3 cm³/mol. The standard InChI is InChI=1S/C15H14FN/c16-15(9-4-1-5-10-15)14-13-7-3-2-6-12(13)8-11-17-14/h1-9,17H,10-11H2. The Hall–Kier alpha value is -1.83. The number of nitrogens with one attached hydrogen (secondary N) is 1. The topological polar surface area (TPSA) is 12.0 Å². The molecule has 1 unspecified atom stereocenters. The molecule has 0 aromatic heterocycles. The highest BCUT2D eigenvalue weighted by Crippen LogP contribution is 2.29. The van der Waals surface area contributed by atoms with Crippen LogP contribution in [-0.2, 0) is 0 Å². The highest BCUT2D eigenvalue weighted by atomic mass is 19.1. The Labute approximate surface area is 99.7 Å². The second-order valence-corrected chi connectivity index (χ2v) is 4.40. The number of alkyl halides is 1. The van der Waals surface area contributed by atoms with Gasteiger partial charge in [0.1, 0.15) is 0 Å². The van der Waals surface area contributed by atoms with Gasteiger partial charge in [-0.3, -0.25) is 0 Å². The highest BCUT2D eigenvalue weighted by molar-refractivity contribution is 5.61. The molecule has 3 rings (SSSR count). The molecule has 1 aromatic rings. The zero-order valence-electron chi connectivity index (χ0n) is 9.49. The summed E-state index contributed by atoms with van der Waals surface area (Å²) in [5.41, 5.74) is -0.699. The average molecular weight is 227 g/mol. The van der Waals surface area contributed by atoms with E-state index < -0.39 is 5.67 Å². The summed E-state index contributed by atoms with van der Waals surface area (Å²) in [6.07, 6.45) is 9.66. The summed E-state index contributed by atoms with van der Waals surface area (Å²) >= 11 is 0. The van der Waals surface area contributed by atoms with Gasteiger partial charge in [0.05, 0.1) is 5.70 Å². The van der Waals surface area contributed by atoms with Crippen LogP contribution in [0.5, 0.6) is 0 Å². The third-order valence-corrected chi connectivity index (χ3v) is 3.27. The van der Waals surface area contributed by atoms with Crippen LogP contribution in [0.4, 0.5) is 4.39 Å². The van der Waals surface area contributed by atoms with Crippen molar-refractivity contribution in [2.75, 3.05) is 6.54 Å². The maximum absolute atomic E-state index is 14.9. The molecule has 1 aliphatic carbocycles. The van der Waals surface area contributed by atoms with E-state index in [-0.39, 0.29) is 0 Å². The minimum Gasteiger partial charge on any atom is -0.381 e. The van der Waals surface area contributed by atoms with E-state index in [1.165, 1.54) is 0 Å². The molecule has 0 radical (unpaired) electrons. The van der Waals surface area contributed by atoms with Crippen LogP contribution in [0.15, 0.2) is 48.6 Å². The van der Waals surface area contributed by atoms with E-state index in [1.807, 2.05) is 36.4 Å². The first kappa shape index (κ1) is 10.3. The quantitative estimate of drug-likeness (QED) is 0.764. The van der Waals surface area contributed by atoms with Gasteiger partial charge >= 0.3 is 0 Å². The lowest BCUT2D eigenvalue weighted by atomic mass is 9.90. The minimum atomic E-state index is -1.39. The number of hydrogen-bond acceptors (Lipinski definition) is 1. The van der Waals surface area contributed by atoms with Crippen molar-refractivity contribution < 1.29 is 4.39 Å². The number of rotatable bonds is 1. The van der Waals surface area contributed by atoms with Crippen molar-refractivity contribution in [2.45, 2.75) is 12.1 Å². The molecule has 1 aromatic carbocycles. The SMILES string of the molecule is FC1(C2=c3ccccc3=CCN2)C=CC=CC1. The largest absolute Gasteiger partial charge is 0.381 e. The van der Waals surface area contributed by atoms with Gasteiger partial charge in [-0.15, -0.1) is 0 Å². The molecule has 1 aliphatic heterocycles. The van der Waals surface area contributed by atoms with Crippen molar-refractivity contribution in [1.29, 1.82) is 0 Å². The number of benzene rings is 1. The predicted octanol–water partition coefficient (Wildman–Crippen LogP) is 1.40. The van der Waals surface area contributed by atoms with Crippen molar-refractivity contribution in [3.8, 4) is 0 Å². The zero-order chi connectivity index (χ0) is 11.7. The summed E-state index contributed by atoms with van der Waals surface area (Å²) in [5.74, 6) is 0. The van der Waals surface area contributed by atoms with E-state index in [2.05, 4.69) is 11.4 Å². The number of hydrogen-bond donors (Lipinski definition) is 1. The first-order chi connectivity index (χ1) is 8.30. The molecule has 2 heteroatoms. The Morgan fingerprint density at radius 1 is 1.18 bits per heavy atom. The van der Waals surface area contributed by atoms with Gasteiger partial charge < -0.3 is 5.32 Å². The molecule has 1 heterocycles. The molecule has 1 N–H and O–H groups in total. The van der Waals surface area contributed by atoms with Crippen LogP contribution in [-0.4, -0.2) is 12.2 Å². The molecule has 2 aliphatic rings. The van der Waals surface area contributed by atoms with Crippen molar-refractivity contribution in [1.82, 2.24) is 5.32 Å². The Bertz CT molecular complexity index is 612. The van der Waals surface area contributed by atoms with Crippen LogP contribution in [0.25, 0.3) is 11.8 Å². The number of halogens is 1. The van der Waals surface area contributed by atoms with Gasteiger partial charge in [-0.2, -0.15) is 0 Å². The summed E-state index contributed by atoms with van der Waals surface area (Å²) < 4.78 is 14.9. The van der Waals surface area contributed by atoms with E-state index in [0.717, 1.165) is 10.4 Å². The normalized spacial score (nSPS) is 26.1. The fourth-order valence-corrected chi connectivity index (χ4v) is 2.41. The maximum atomic E-state index is 14.9. The van der Waals surface area contributed by atoms with Crippen molar-refractivity contribution >= 4 is 11.8 Å². The molecule has 0 amide bonds. The minimum absolute atomic E-state index is 0.403. The Kier molecular flexibility index (Phi) is 2.36. The lowest BCUT2D eigenvalue weighted by Crippen LogP contribution is -2.45. The summed E-state index contributed by atoms with van der Waals surface area (Å²) in [5, 5.41) is 5.27. The van der Waals surface area contributed by atoms with E-state index in [9.17, 15) is 4.39 Å². The van der Waals surface area contributed by atoms with Crippen LogP contribution >= 0.6 is 0 Å². The molecule has 1 atom stereocenters. The van der Waals surface area contributed by atoms with Crippen LogP contribution in [0.3, 0.4) is 0 Å². The molecule has 0 spiro atoms. The van der Waals surface area contributed by atoms with Crippen LogP contribution < -0.4 is 15.8 Å². The summed E-state index contributed by atoms with van der Waals surface area (Å²) in [7, 11) is 0. The molecule has 86 valence electrons. The summed E-state index contributed by atoms with van der Waals surface area (Å²) in [4.78, 5) is 0. The molecule has 0 bridgehead atoms. The van der Waals surface area contributed by atoms with E-state index in [0.29, 0.717) is 18.7 Å². The fraction of sp³-hybridized carbons (Fsp3) is 0.200. The lowest BCUT2D eigenvalue weighted by molar-refractivity contribution is 0.301. The Morgan fingerprint density at radius 3 is 2.88 bits per heavy atom. The molecular weight excluding hydrogens is 213 g/mol. The lowest BCUT2D eigenvalue weighted by Gasteiger charge is -2.28. The summed E-state index contributed by atoms with van der Waals surface area (Å²) in [6.45, 7) is 0.690. The highest BCUT2D eigenvalue weighted by Gasteiger charge is 2.32. The monoisotopic (exact) mass is 227 g/mol. The third kappa shape index (κ3) is 1.70. The maximum Gasteiger partial charge on any atom is 0.172 e. The second kappa shape index (κ2) is 3.88. The van der Waals surface area contributed by atoms with Crippen molar-refractivity contribution in [3.63, 3.8) is 0 Å². The van der Waals surface area contributed by atoms with Crippen LogP contribution in [0.1, 0.15) is 6.42 Å². The smallest absolute Gasteiger partial charge is 0.172 e.